The fraction of sp³-hybridized carbons (Fsp3) is 0.923. The summed E-state index contributed by atoms with van der Waals surface area (Å²) in [7, 11) is 0. The van der Waals surface area contributed by atoms with Gasteiger partial charge in [0, 0.05) is 0 Å². The molecule has 1 aliphatic rings. The average molecular weight is 181 g/mol. The summed E-state index contributed by atoms with van der Waals surface area (Å²) in [5.74, 6) is 2.90. The maximum Gasteiger partial charge on any atom is -0.0210 e. The van der Waals surface area contributed by atoms with Crippen molar-refractivity contribution in [2.75, 3.05) is 0 Å². The third kappa shape index (κ3) is 3.70. The second-order valence-electron chi connectivity index (χ2n) is 4.49. The highest BCUT2D eigenvalue weighted by Crippen LogP contribution is 2.36. The van der Waals surface area contributed by atoms with E-state index in [4.69, 9.17) is 0 Å². The molecule has 1 aliphatic carbocycles. The van der Waals surface area contributed by atoms with Crippen molar-refractivity contribution in [1.82, 2.24) is 0 Å². The highest BCUT2D eigenvalue weighted by molar-refractivity contribution is 4.97. The van der Waals surface area contributed by atoms with E-state index in [0.717, 1.165) is 5.92 Å². The molecule has 0 nitrogen and oxygen atoms in total. The van der Waals surface area contributed by atoms with Crippen molar-refractivity contribution in [2.45, 2.75) is 71.6 Å². The Hall–Kier alpha value is 0. The first-order valence-corrected chi connectivity index (χ1v) is 6.23. The van der Waals surface area contributed by atoms with E-state index in [1.54, 1.807) is 0 Å². The highest BCUT2D eigenvalue weighted by atomic mass is 14.3. The Morgan fingerprint density at radius 3 is 2.62 bits per heavy atom. The van der Waals surface area contributed by atoms with Crippen molar-refractivity contribution >= 4 is 0 Å². The van der Waals surface area contributed by atoms with Gasteiger partial charge in [-0.3, -0.25) is 0 Å². The summed E-state index contributed by atoms with van der Waals surface area (Å²) in [6.07, 6.45) is 13.0. The van der Waals surface area contributed by atoms with Crippen LogP contribution in [0.5, 0.6) is 0 Å². The number of hydrogen-bond acceptors (Lipinski definition) is 0. The molecule has 1 fully saturated rings. The third-order valence-electron chi connectivity index (χ3n) is 3.34. The number of rotatable bonds is 4. The molecule has 0 spiro atoms. The first-order valence-electron chi connectivity index (χ1n) is 6.23. The second-order valence-corrected chi connectivity index (χ2v) is 4.49. The van der Waals surface area contributed by atoms with Crippen LogP contribution in [0, 0.1) is 11.8 Å². The molecule has 1 saturated carbocycles. The molecule has 1 unspecified atom stereocenters. The van der Waals surface area contributed by atoms with Gasteiger partial charge in [-0.1, -0.05) is 52.4 Å². The lowest BCUT2D eigenvalue weighted by Crippen LogP contribution is -2.10. The smallest absolute Gasteiger partial charge is 0.0210 e. The van der Waals surface area contributed by atoms with Crippen molar-refractivity contribution < 1.29 is 0 Å². The minimum absolute atomic E-state index is 0.993. The van der Waals surface area contributed by atoms with E-state index >= 15 is 0 Å². The summed E-state index contributed by atoms with van der Waals surface area (Å²) in [4.78, 5) is 0. The van der Waals surface area contributed by atoms with Gasteiger partial charge < -0.3 is 0 Å². The van der Waals surface area contributed by atoms with Gasteiger partial charge in [0.1, 0.15) is 0 Å². The van der Waals surface area contributed by atoms with Crippen molar-refractivity contribution in [1.29, 1.82) is 0 Å². The first-order chi connectivity index (χ1) is 6.38. The van der Waals surface area contributed by atoms with Gasteiger partial charge in [-0.15, -0.1) is 0 Å². The summed E-state index contributed by atoms with van der Waals surface area (Å²) in [5.41, 5.74) is 0. The molecule has 77 valence electrons. The van der Waals surface area contributed by atoms with E-state index < -0.39 is 0 Å². The van der Waals surface area contributed by atoms with E-state index in [1.165, 1.54) is 57.8 Å². The topological polar surface area (TPSA) is 0 Å². The summed E-state index contributed by atoms with van der Waals surface area (Å²) in [6.45, 7) is 4.65. The summed E-state index contributed by atoms with van der Waals surface area (Å²) < 4.78 is 0. The number of hydrogen-bond donors (Lipinski definition) is 0. The zero-order valence-corrected chi connectivity index (χ0v) is 9.44. The van der Waals surface area contributed by atoms with Crippen LogP contribution >= 0.6 is 0 Å². The molecule has 0 heteroatoms. The lowest BCUT2D eigenvalue weighted by Gasteiger charge is -2.23. The Labute approximate surface area is 84.1 Å². The molecule has 0 N–H and O–H groups in total. The quantitative estimate of drug-likeness (QED) is 0.549. The SMILES string of the molecule is CCC[C]1CCCCCC1CCC. The predicted molar refractivity (Wildman–Crippen MR) is 59.6 cm³/mol. The molecule has 0 aromatic carbocycles. The van der Waals surface area contributed by atoms with E-state index in [-0.39, 0.29) is 0 Å². The van der Waals surface area contributed by atoms with Crippen LogP contribution in [-0.4, -0.2) is 0 Å². The molecule has 0 heterocycles. The fourth-order valence-corrected chi connectivity index (χ4v) is 2.67. The summed E-state index contributed by atoms with van der Waals surface area (Å²) >= 11 is 0. The van der Waals surface area contributed by atoms with Crippen LogP contribution in [-0.2, 0) is 0 Å². The summed E-state index contributed by atoms with van der Waals surface area (Å²) in [6, 6.07) is 0. The van der Waals surface area contributed by atoms with Gasteiger partial charge in [-0.2, -0.15) is 0 Å². The van der Waals surface area contributed by atoms with E-state index in [9.17, 15) is 0 Å². The van der Waals surface area contributed by atoms with Gasteiger partial charge in [0.15, 0.2) is 0 Å². The van der Waals surface area contributed by atoms with Gasteiger partial charge in [-0.25, -0.2) is 0 Å². The van der Waals surface area contributed by atoms with Crippen molar-refractivity contribution in [3.05, 3.63) is 5.92 Å². The van der Waals surface area contributed by atoms with Gasteiger partial charge >= 0.3 is 0 Å². The molecule has 0 aromatic heterocycles. The van der Waals surface area contributed by atoms with Crippen LogP contribution in [0.25, 0.3) is 0 Å². The molecular formula is C13H25. The monoisotopic (exact) mass is 181 g/mol. The zero-order valence-electron chi connectivity index (χ0n) is 9.44. The Balaban J connectivity index is 2.40. The highest BCUT2D eigenvalue weighted by Gasteiger charge is 2.22. The van der Waals surface area contributed by atoms with E-state index in [1.807, 2.05) is 5.92 Å². The Morgan fingerprint density at radius 2 is 1.92 bits per heavy atom. The Bertz CT molecular complexity index is 103. The zero-order chi connectivity index (χ0) is 9.52. The molecule has 0 aromatic rings. The predicted octanol–water partition coefficient (Wildman–Crippen LogP) is 4.74. The molecule has 0 amide bonds. The van der Waals surface area contributed by atoms with Crippen LogP contribution in [0.4, 0.5) is 0 Å². The van der Waals surface area contributed by atoms with E-state index in [2.05, 4.69) is 13.8 Å². The molecular weight excluding hydrogens is 156 g/mol. The fourth-order valence-electron chi connectivity index (χ4n) is 2.67. The Kier molecular flexibility index (Phi) is 5.50. The summed E-state index contributed by atoms with van der Waals surface area (Å²) in [5, 5.41) is 0. The van der Waals surface area contributed by atoms with Crippen molar-refractivity contribution in [3.8, 4) is 0 Å². The normalized spacial score (nSPS) is 25.8. The third-order valence-corrected chi connectivity index (χ3v) is 3.34. The van der Waals surface area contributed by atoms with E-state index in [0.29, 0.717) is 0 Å². The standard InChI is InChI=1S/C13H25/c1-3-8-12-10-6-5-7-11-13(12)9-4-2/h12H,3-11H2,1-2H3. The van der Waals surface area contributed by atoms with Crippen LogP contribution in [0.15, 0.2) is 0 Å². The minimum atomic E-state index is 0.993. The van der Waals surface area contributed by atoms with Gasteiger partial charge in [0.2, 0.25) is 0 Å². The molecule has 1 rings (SSSR count). The molecule has 0 aliphatic heterocycles. The first kappa shape index (κ1) is 11.1. The molecule has 0 bridgehead atoms. The molecule has 13 heavy (non-hydrogen) atoms. The maximum atomic E-state index is 2.33. The van der Waals surface area contributed by atoms with Crippen LogP contribution in [0.2, 0.25) is 0 Å². The van der Waals surface area contributed by atoms with Crippen molar-refractivity contribution in [2.24, 2.45) is 5.92 Å². The lowest BCUT2D eigenvalue weighted by molar-refractivity contribution is 0.431. The average Bonchev–Trinajstić information content (AvgIpc) is 2.33. The van der Waals surface area contributed by atoms with Crippen LogP contribution in [0.3, 0.4) is 0 Å². The van der Waals surface area contributed by atoms with Gasteiger partial charge in [0.25, 0.3) is 0 Å². The minimum Gasteiger partial charge on any atom is -0.0654 e. The molecule has 0 saturated heterocycles. The molecule has 1 radical (unpaired) electrons. The lowest BCUT2D eigenvalue weighted by atomic mass is 9.82. The van der Waals surface area contributed by atoms with Crippen LogP contribution in [0.1, 0.15) is 71.6 Å². The Morgan fingerprint density at radius 1 is 1.08 bits per heavy atom. The van der Waals surface area contributed by atoms with Crippen molar-refractivity contribution in [3.63, 3.8) is 0 Å². The molecule has 1 atom stereocenters. The largest absolute Gasteiger partial charge is 0.0654 e. The maximum absolute atomic E-state index is 2.33. The van der Waals surface area contributed by atoms with Gasteiger partial charge in [0.05, 0.1) is 0 Å². The van der Waals surface area contributed by atoms with Crippen LogP contribution < -0.4 is 0 Å². The second kappa shape index (κ2) is 6.45. The van der Waals surface area contributed by atoms with Gasteiger partial charge in [-0.05, 0) is 31.1 Å².